The quantitative estimate of drug-likeness (QED) is 0.639. The van der Waals surface area contributed by atoms with Gasteiger partial charge < -0.3 is 19.7 Å². The summed E-state index contributed by atoms with van der Waals surface area (Å²) in [6.07, 6.45) is 0. The average Bonchev–Trinajstić information content (AvgIpc) is 2.76. The number of halogens is 1. The van der Waals surface area contributed by atoms with Crippen LogP contribution >= 0.6 is 11.6 Å². The molecule has 1 heterocycles. The van der Waals surface area contributed by atoms with Crippen LogP contribution in [-0.4, -0.2) is 31.6 Å². The van der Waals surface area contributed by atoms with Crippen LogP contribution in [0.3, 0.4) is 0 Å². The summed E-state index contributed by atoms with van der Waals surface area (Å²) in [5, 5.41) is 3.19. The van der Waals surface area contributed by atoms with Crippen LogP contribution in [0.4, 0.5) is 11.4 Å². The van der Waals surface area contributed by atoms with Gasteiger partial charge in [0.05, 0.1) is 22.8 Å². The van der Waals surface area contributed by atoms with E-state index in [0.717, 1.165) is 5.75 Å². The number of benzene rings is 3. The van der Waals surface area contributed by atoms with E-state index < -0.39 is 0 Å². The molecular weight excluding hydrogens is 404 g/mol. The molecule has 0 saturated heterocycles. The smallest absolute Gasteiger partial charge is 0.265 e. The number of fused-ring (bicyclic) bond motifs is 1. The number of hydrogen-bond acceptors (Lipinski definition) is 4. The van der Waals surface area contributed by atoms with Gasteiger partial charge in [-0.25, -0.2) is 0 Å². The van der Waals surface area contributed by atoms with Crippen LogP contribution in [0, 0.1) is 0 Å². The van der Waals surface area contributed by atoms with Crippen molar-refractivity contribution in [2.24, 2.45) is 0 Å². The number of amides is 2. The van der Waals surface area contributed by atoms with Crippen molar-refractivity contribution in [1.29, 1.82) is 0 Å². The van der Waals surface area contributed by atoms with Gasteiger partial charge in [-0.3, -0.25) is 9.59 Å². The van der Waals surface area contributed by atoms with Gasteiger partial charge >= 0.3 is 0 Å². The molecule has 0 radical (unpaired) electrons. The zero-order valence-corrected chi connectivity index (χ0v) is 16.8. The van der Waals surface area contributed by atoms with E-state index in [1.165, 1.54) is 0 Å². The van der Waals surface area contributed by atoms with Crippen molar-refractivity contribution >= 4 is 34.8 Å². The fourth-order valence-corrected chi connectivity index (χ4v) is 3.36. The van der Waals surface area contributed by atoms with Gasteiger partial charge in [0.25, 0.3) is 11.8 Å². The molecule has 0 aliphatic carbocycles. The van der Waals surface area contributed by atoms with E-state index in [4.69, 9.17) is 21.1 Å². The van der Waals surface area contributed by atoms with Gasteiger partial charge in [-0.15, -0.1) is 0 Å². The third-order valence-electron chi connectivity index (χ3n) is 4.61. The van der Waals surface area contributed by atoms with Gasteiger partial charge in [-0.05, 0) is 42.5 Å². The first-order valence-corrected chi connectivity index (χ1v) is 9.80. The van der Waals surface area contributed by atoms with Crippen LogP contribution in [0.5, 0.6) is 11.5 Å². The molecule has 6 nitrogen and oxygen atoms in total. The molecule has 0 aromatic heterocycles. The Morgan fingerprint density at radius 2 is 1.83 bits per heavy atom. The maximum absolute atomic E-state index is 12.6. The van der Waals surface area contributed by atoms with Crippen molar-refractivity contribution in [2.45, 2.75) is 0 Å². The monoisotopic (exact) mass is 422 g/mol. The summed E-state index contributed by atoms with van der Waals surface area (Å²) in [5.41, 5.74) is 1.49. The Bertz CT molecular complexity index is 1070. The van der Waals surface area contributed by atoms with E-state index in [2.05, 4.69) is 5.32 Å². The largest absolute Gasteiger partial charge is 0.492 e. The number of rotatable bonds is 6. The molecule has 3 aromatic rings. The number of para-hydroxylation sites is 1. The molecule has 2 amide bonds. The number of carbonyl (C=O) groups is 2. The molecular formula is C23H19ClN2O4. The van der Waals surface area contributed by atoms with E-state index in [0.29, 0.717) is 40.9 Å². The molecule has 0 fully saturated rings. The lowest BCUT2D eigenvalue weighted by atomic mass is 10.1. The van der Waals surface area contributed by atoms with Gasteiger partial charge in [0, 0.05) is 5.69 Å². The molecule has 7 heteroatoms. The Kier molecular flexibility index (Phi) is 5.86. The van der Waals surface area contributed by atoms with Gasteiger partial charge in [0.1, 0.15) is 18.1 Å². The first-order valence-electron chi connectivity index (χ1n) is 9.43. The summed E-state index contributed by atoms with van der Waals surface area (Å²) in [7, 11) is 0. The number of hydrogen-bond donors (Lipinski definition) is 1. The molecule has 0 saturated carbocycles. The summed E-state index contributed by atoms with van der Waals surface area (Å²) in [6.45, 7) is 0.640. The molecule has 0 atom stereocenters. The van der Waals surface area contributed by atoms with Crippen molar-refractivity contribution in [2.75, 3.05) is 30.0 Å². The van der Waals surface area contributed by atoms with Gasteiger partial charge in [0.2, 0.25) is 0 Å². The number of anilines is 2. The molecule has 1 N–H and O–H groups in total. The lowest BCUT2D eigenvalue weighted by molar-refractivity contribution is -0.121. The third kappa shape index (κ3) is 4.39. The molecule has 3 aromatic carbocycles. The topological polar surface area (TPSA) is 67.9 Å². The zero-order valence-electron chi connectivity index (χ0n) is 16.0. The molecule has 4 rings (SSSR count). The Hall–Kier alpha value is -3.51. The number of nitrogens with one attached hydrogen (secondary N) is 1. The maximum Gasteiger partial charge on any atom is 0.265 e. The number of ether oxygens (including phenoxy) is 2. The minimum absolute atomic E-state index is 0.0380. The van der Waals surface area contributed by atoms with Crippen molar-refractivity contribution in [3.8, 4) is 11.5 Å². The normalized spacial score (nSPS) is 12.7. The van der Waals surface area contributed by atoms with E-state index in [1.807, 2.05) is 30.3 Å². The lowest BCUT2D eigenvalue weighted by Gasteiger charge is -2.29. The van der Waals surface area contributed by atoms with Crippen LogP contribution in [0.25, 0.3) is 0 Å². The predicted molar refractivity (Wildman–Crippen MR) is 116 cm³/mol. The van der Waals surface area contributed by atoms with E-state index in [-0.39, 0.29) is 18.4 Å². The van der Waals surface area contributed by atoms with Crippen LogP contribution in [-0.2, 0) is 4.79 Å². The van der Waals surface area contributed by atoms with Crippen LogP contribution in [0.2, 0.25) is 5.02 Å². The van der Waals surface area contributed by atoms with Crippen molar-refractivity contribution < 1.29 is 19.1 Å². The van der Waals surface area contributed by atoms with Gasteiger partial charge in [-0.1, -0.05) is 41.9 Å². The predicted octanol–water partition coefficient (Wildman–Crippen LogP) is 4.40. The lowest BCUT2D eigenvalue weighted by Crippen LogP contribution is -2.41. The summed E-state index contributed by atoms with van der Waals surface area (Å²) in [5.74, 6) is 0.806. The summed E-state index contributed by atoms with van der Waals surface area (Å²) in [6, 6.07) is 21.4. The molecule has 30 heavy (non-hydrogen) atoms. The fourth-order valence-electron chi connectivity index (χ4n) is 3.14. The highest BCUT2D eigenvalue weighted by atomic mass is 35.5. The van der Waals surface area contributed by atoms with Gasteiger partial charge in [-0.2, -0.15) is 0 Å². The molecule has 0 bridgehead atoms. The first kappa shape index (κ1) is 19.8. The molecule has 0 spiro atoms. The van der Waals surface area contributed by atoms with Crippen molar-refractivity contribution in [1.82, 2.24) is 0 Å². The SMILES string of the molecule is O=C(Nc1ccc2c(c1)N(CCOc1ccccc1)C(=O)CO2)c1ccccc1Cl. The second-order valence-corrected chi connectivity index (χ2v) is 7.02. The highest BCUT2D eigenvalue weighted by Gasteiger charge is 2.26. The minimum Gasteiger partial charge on any atom is -0.492 e. The van der Waals surface area contributed by atoms with Crippen LogP contribution in [0.1, 0.15) is 10.4 Å². The Morgan fingerprint density at radius 3 is 2.63 bits per heavy atom. The average molecular weight is 423 g/mol. The fraction of sp³-hybridized carbons (Fsp3) is 0.130. The van der Waals surface area contributed by atoms with E-state index >= 15 is 0 Å². The Morgan fingerprint density at radius 1 is 1.07 bits per heavy atom. The second kappa shape index (κ2) is 8.88. The zero-order chi connectivity index (χ0) is 20.9. The Balaban J connectivity index is 1.50. The van der Waals surface area contributed by atoms with Crippen molar-refractivity contribution in [3.05, 3.63) is 83.4 Å². The van der Waals surface area contributed by atoms with E-state index in [9.17, 15) is 9.59 Å². The highest BCUT2D eigenvalue weighted by Crippen LogP contribution is 2.34. The van der Waals surface area contributed by atoms with Crippen molar-refractivity contribution in [3.63, 3.8) is 0 Å². The second-order valence-electron chi connectivity index (χ2n) is 6.61. The summed E-state index contributed by atoms with van der Waals surface area (Å²) in [4.78, 5) is 26.6. The van der Waals surface area contributed by atoms with Crippen LogP contribution < -0.4 is 19.7 Å². The maximum atomic E-state index is 12.6. The third-order valence-corrected chi connectivity index (χ3v) is 4.93. The summed E-state index contributed by atoms with van der Waals surface area (Å²) >= 11 is 6.10. The molecule has 1 aliphatic heterocycles. The van der Waals surface area contributed by atoms with Crippen LogP contribution in [0.15, 0.2) is 72.8 Å². The van der Waals surface area contributed by atoms with E-state index in [1.54, 1.807) is 47.4 Å². The molecule has 0 unspecified atom stereocenters. The summed E-state index contributed by atoms with van der Waals surface area (Å²) < 4.78 is 11.2. The minimum atomic E-state index is -0.331. The van der Waals surface area contributed by atoms with Gasteiger partial charge in [0.15, 0.2) is 6.61 Å². The molecule has 1 aliphatic rings. The Labute approximate surface area is 179 Å². The number of carbonyl (C=O) groups excluding carboxylic acids is 2. The first-order chi connectivity index (χ1) is 14.6. The highest BCUT2D eigenvalue weighted by molar-refractivity contribution is 6.34. The number of nitrogens with zero attached hydrogens (tertiary/aromatic N) is 1. The molecule has 152 valence electrons. The standard InChI is InChI=1S/C23H19ClN2O4/c24-19-9-5-4-8-18(19)23(28)25-16-10-11-21-20(14-16)26(22(27)15-30-21)12-13-29-17-6-2-1-3-7-17/h1-11,14H,12-13,15H2,(H,25,28).